The smallest absolute Gasteiger partial charge is 0.458 e. The average molecular weight is 552 g/mol. The number of rotatable bonds is 18. The van der Waals surface area contributed by atoms with Crippen LogP contribution in [0.15, 0.2) is 18.2 Å². The van der Waals surface area contributed by atoms with E-state index >= 15 is 0 Å². The minimum absolute atomic E-state index is 0.0773. The molecule has 0 bridgehead atoms. The number of esters is 3. The normalized spacial score (nSPS) is 12.4. The average Bonchev–Trinajstić information content (AvgIpc) is 2.88. The van der Waals surface area contributed by atoms with Gasteiger partial charge in [-0.05, 0) is 49.8 Å². The molecule has 0 heterocycles. The first-order valence-corrected chi connectivity index (χ1v) is 13.9. The van der Waals surface area contributed by atoms with Crippen molar-refractivity contribution in [2.45, 2.75) is 105 Å². The summed E-state index contributed by atoms with van der Waals surface area (Å²) >= 11 is 0. The lowest BCUT2D eigenvalue weighted by molar-refractivity contribution is -0.152. The standard InChI is InChI=1S/C29H45NO9/c1-6-8-10-12-26(31)38-24-15-14-22(17-25(24)39-27(32)13-11-9-7-2)16-23(30)28(33)37-21(5)19-36-29(34)35-18-20(3)4/h14-15,17,20-21,23H,6-13,16,18-19,30H2,1-5H3/t21-,23-/m0/s1. The van der Waals surface area contributed by atoms with Gasteiger partial charge in [0.1, 0.15) is 18.8 Å². The zero-order chi connectivity index (χ0) is 29.2. The second kappa shape index (κ2) is 19.0. The zero-order valence-corrected chi connectivity index (χ0v) is 24.0. The predicted molar refractivity (Wildman–Crippen MR) is 145 cm³/mol. The Hall–Kier alpha value is -3.14. The molecule has 10 nitrogen and oxygen atoms in total. The van der Waals surface area contributed by atoms with Gasteiger partial charge in [0, 0.05) is 12.8 Å². The van der Waals surface area contributed by atoms with Gasteiger partial charge in [0.2, 0.25) is 0 Å². The summed E-state index contributed by atoms with van der Waals surface area (Å²) in [6.07, 6.45) is 4.14. The second-order valence-corrected chi connectivity index (χ2v) is 9.97. The summed E-state index contributed by atoms with van der Waals surface area (Å²) in [5.41, 5.74) is 6.64. The van der Waals surface area contributed by atoms with Gasteiger partial charge in [-0.15, -0.1) is 0 Å². The number of carbonyl (C=O) groups is 4. The Kier molecular flexibility index (Phi) is 16.5. The number of benzene rings is 1. The molecule has 0 spiro atoms. The van der Waals surface area contributed by atoms with Crippen LogP contribution in [0.5, 0.6) is 11.5 Å². The van der Waals surface area contributed by atoms with Crippen molar-refractivity contribution in [3.63, 3.8) is 0 Å². The SMILES string of the molecule is CCCCCC(=O)Oc1ccc(C[C@H](N)C(=O)O[C@@H](C)COC(=O)OCC(C)C)cc1OC(=O)CCCCC. The van der Waals surface area contributed by atoms with E-state index in [1.165, 1.54) is 12.1 Å². The monoisotopic (exact) mass is 551 g/mol. The molecule has 0 aliphatic heterocycles. The van der Waals surface area contributed by atoms with E-state index in [4.69, 9.17) is 29.4 Å². The molecule has 0 unspecified atom stereocenters. The molecule has 1 aromatic rings. The molecule has 0 fully saturated rings. The van der Waals surface area contributed by atoms with Crippen molar-refractivity contribution in [3.05, 3.63) is 23.8 Å². The summed E-state index contributed by atoms with van der Waals surface area (Å²) in [7, 11) is 0. The fraction of sp³-hybridized carbons (Fsp3) is 0.655. The lowest BCUT2D eigenvalue weighted by atomic mass is 10.1. The molecular formula is C29H45NO9. The molecule has 1 rings (SSSR count). The fourth-order valence-corrected chi connectivity index (χ4v) is 3.35. The van der Waals surface area contributed by atoms with Gasteiger partial charge in [-0.1, -0.05) is 59.4 Å². The van der Waals surface area contributed by atoms with Gasteiger partial charge in [-0.3, -0.25) is 14.4 Å². The van der Waals surface area contributed by atoms with Crippen LogP contribution in [0.25, 0.3) is 0 Å². The van der Waals surface area contributed by atoms with Crippen LogP contribution < -0.4 is 15.2 Å². The molecule has 0 aliphatic carbocycles. The van der Waals surface area contributed by atoms with Crippen molar-refractivity contribution >= 4 is 24.1 Å². The first-order valence-electron chi connectivity index (χ1n) is 13.9. The Bertz CT molecular complexity index is 916. The van der Waals surface area contributed by atoms with E-state index in [9.17, 15) is 19.2 Å². The van der Waals surface area contributed by atoms with Gasteiger partial charge in [-0.25, -0.2) is 4.79 Å². The van der Waals surface area contributed by atoms with Gasteiger partial charge >= 0.3 is 24.1 Å². The van der Waals surface area contributed by atoms with Gasteiger partial charge in [0.05, 0.1) is 6.61 Å². The van der Waals surface area contributed by atoms with E-state index in [1.54, 1.807) is 13.0 Å². The molecule has 2 N–H and O–H groups in total. The lowest BCUT2D eigenvalue weighted by Crippen LogP contribution is -2.37. The van der Waals surface area contributed by atoms with Crippen molar-refractivity contribution in [2.75, 3.05) is 13.2 Å². The van der Waals surface area contributed by atoms with Gasteiger partial charge in [0.15, 0.2) is 11.5 Å². The van der Waals surface area contributed by atoms with Crippen molar-refractivity contribution in [1.29, 1.82) is 0 Å². The van der Waals surface area contributed by atoms with Crippen LogP contribution in [0, 0.1) is 5.92 Å². The molecule has 39 heavy (non-hydrogen) atoms. The van der Waals surface area contributed by atoms with E-state index in [1.807, 2.05) is 27.7 Å². The highest BCUT2D eigenvalue weighted by atomic mass is 16.7. The highest BCUT2D eigenvalue weighted by Gasteiger charge is 2.22. The number of nitrogens with two attached hydrogens (primary N) is 1. The minimum Gasteiger partial charge on any atom is -0.458 e. The van der Waals surface area contributed by atoms with E-state index in [2.05, 4.69) is 0 Å². The summed E-state index contributed by atoms with van der Waals surface area (Å²) in [5.74, 6) is -1.14. The van der Waals surface area contributed by atoms with E-state index in [-0.39, 0.29) is 49.9 Å². The van der Waals surface area contributed by atoms with Crippen LogP contribution in [0.3, 0.4) is 0 Å². The first-order chi connectivity index (χ1) is 18.5. The largest absolute Gasteiger partial charge is 0.508 e. The maximum atomic E-state index is 12.5. The third kappa shape index (κ3) is 15.1. The third-order valence-electron chi connectivity index (χ3n) is 5.47. The van der Waals surface area contributed by atoms with Crippen LogP contribution >= 0.6 is 0 Å². The predicted octanol–water partition coefficient (Wildman–Crippen LogP) is 5.27. The third-order valence-corrected chi connectivity index (χ3v) is 5.47. The molecule has 0 radical (unpaired) electrons. The second-order valence-electron chi connectivity index (χ2n) is 9.97. The number of hydrogen-bond acceptors (Lipinski definition) is 10. The number of carbonyl (C=O) groups excluding carboxylic acids is 4. The fourth-order valence-electron chi connectivity index (χ4n) is 3.35. The molecule has 0 amide bonds. The van der Waals surface area contributed by atoms with E-state index in [0.717, 1.165) is 25.7 Å². The summed E-state index contributed by atoms with van der Waals surface area (Å²) in [6.45, 7) is 9.49. The maximum absolute atomic E-state index is 12.5. The quantitative estimate of drug-likeness (QED) is 0.146. The Morgan fingerprint density at radius 3 is 1.92 bits per heavy atom. The molecule has 10 heteroatoms. The van der Waals surface area contributed by atoms with Gasteiger partial charge < -0.3 is 29.4 Å². The topological polar surface area (TPSA) is 140 Å². The summed E-state index contributed by atoms with van der Waals surface area (Å²) in [5, 5.41) is 0. The Morgan fingerprint density at radius 2 is 1.36 bits per heavy atom. The number of hydrogen-bond donors (Lipinski definition) is 1. The van der Waals surface area contributed by atoms with E-state index < -0.39 is 36.2 Å². The molecule has 2 atom stereocenters. The minimum atomic E-state index is -1.03. The molecule has 0 aliphatic rings. The Balaban J connectivity index is 2.80. The molecular weight excluding hydrogens is 506 g/mol. The molecule has 0 aromatic heterocycles. The van der Waals surface area contributed by atoms with Crippen LogP contribution in [0.1, 0.15) is 91.5 Å². The first kappa shape index (κ1) is 33.9. The summed E-state index contributed by atoms with van der Waals surface area (Å²) < 4.78 is 26.1. The highest BCUT2D eigenvalue weighted by molar-refractivity contribution is 5.77. The molecule has 0 saturated heterocycles. The van der Waals surface area contributed by atoms with Crippen molar-refractivity contribution < 1.29 is 42.9 Å². The van der Waals surface area contributed by atoms with Crippen LogP contribution in [0.2, 0.25) is 0 Å². The van der Waals surface area contributed by atoms with Crippen molar-refractivity contribution in [3.8, 4) is 11.5 Å². The highest BCUT2D eigenvalue weighted by Crippen LogP contribution is 2.30. The van der Waals surface area contributed by atoms with Crippen LogP contribution in [-0.4, -0.2) is 49.4 Å². The Morgan fingerprint density at radius 1 is 0.795 bits per heavy atom. The number of ether oxygens (including phenoxy) is 5. The summed E-state index contributed by atoms with van der Waals surface area (Å²) in [4.78, 5) is 48.7. The molecule has 220 valence electrons. The van der Waals surface area contributed by atoms with Crippen molar-refractivity contribution in [2.24, 2.45) is 11.7 Å². The molecule has 0 saturated carbocycles. The van der Waals surface area contributed by atoms with Crippen LogP contribution in [-0.2, 0) is 35.0 Å². The van der Waals surface area contributed by atoms with E-state index in [0.29, 0.717) is 18.4 Å². The van der Waals surface area contributed by atoms with Crippen LogP contribution in [0.4, 0.5) is 4.79 Å². The Labute approximate surface area is 231 Å². The summed E-state index contributed by atoms with van der Waals surface area (Å²) in [6, 6.07) is 3.68. The van der Waals surface area contributed by atoms with Crippen molar-refractivity contribution in [1.82, 2.24) is 0 Å². The lowest BCUT2D eigenvalue weighted by Gasteiger charge is -2.18. The van der Waals surface area contributed by atoms with Gasteiger partial charge in [-0.2, -0.15) is 0 Å². The zero-order valence-electron chi connectivity index (χ0n) is 24.0. The van der Waals surface area contributed by atoms with Gasteiger partial charge in [0.25, 0.3) is 0 Å². The molecule has 1 aromatic carbocycles. The number of unbranched alkanes of at least 4 members (excludes halogenated alkanes) is 4. The maximum Gasteiger partial charge on any atom is 0.508 e.